The van der Waals surface area contributed by atoms with Crippen LogP contribution in [0.25, 0.3) is 0 Å². The molecular weight excluding hydrogens is 240 g/mol. The zero-order chi connectivity index (χ0) is 13.7. The molecule has 0 spiro atoms. The van der Waals surface area contributed by atoms with Gasteiger partial charge in [0.1, 0.15) is 6.10 Å². The second-order valence-electron chi connectivity index (χ2n) is 4.25. The van der Waals surface area contributed by atoms with E-state index in [0.717, 1.165) is 11.1 Å². The van der Waals surface area contributed by atoms with Gasteiger partial charge in [-0.3, -0.25) is 0 Å². The molecule has 1 unspecified atom stereocenters. The quantitative estimate of drug-likeness (QED) is 0.838. The van der Waals surface area contributed by atoms with E-state index in [0.29, 0.717) is 0 Å². The summed E-state index contributed by atoms with van der Waals surface area (Å²) < 4.78 is 11.0. The standard InChI is InChI=1S/C16H18O3/c1-18-16(19-2,14-11-7-4-8-12-14)15(17)13-9-5-3-6-10-13/h3-12,15,17H,1-2H3. The maximum atomic E-state index is 10.6. The van der Waals surface area contributed by atoms with E-state index in [1.54, 1.807) is 0 Å². The van der Waals surface area contributed by atoms with Crippen molar-refractivity contribution in [3.05, 3.63) is 71.8 Å². The lowest BCUT2D eigenvalue weighted by Crippen LogP contribution is -2.37. The zero-order valence-electron chi connectivity index (χ0n) is 11.1. The molecule has 0 aromatic heterocycles. The topological polar surface area (TPSA) is 38.7 Å². The molecule has 0 fully saturated rings. The van der Waals surface area contributed by atoms with Crippen molar-refractivity contribution in [2.75, 3.05) is 14.2 Å². The summed E-state index contributed by atoms with van der Waals surface area (Å²) in [5, 5.41) is 10.6. The molecule has 19 heavy (non-hydrogen) atoms. The molecule has 2 aromatic carbocycles. The highest BCUT2D eigenvalue weighted by Crippen LogP contribution is 2.38. The van der Waals surface area contributed by atoms with Crippen LogP contribution in [-0.2, 0) is 15.3 Å². The number of ether oxygens (including phenoxy) is 2. The highest BCUT2D eigenvalue weighted by Gasteiger charge is 2.41. The van der Waals surface area contributed by atoms with Crippen molar-refractivity contribution in [2.24, 2.45) is 0 Å². The van der Waals surface area contributed by atoms with Crippen LogP contribution in [0, 0.1) is 0 Å². The molecule has 0 saturated carbocycles. The van der Waals surface area contributed by atoms with E-state index >= 15 is 0 Å². The summed E-state index contributed by atoms with van der Waals surface area (Å²) in [6.07, 6.45) is -0.911. The molecule has 100 valence electrons. The Hall–Kier alpha value is -1.68. The van der Waals surface area contributed by atoms with Crippen LogP contribution in [0.1, 0.15) is 17.2 Å². The van der Waals surface area contributed by atoms with Crippen LogP contribution in [0.5, 0.6) is 0 Å². The summed E-state index contributed by atoms with van der Waals surface area (Å²) in [4.78, 5) is 0. The summed E-state index contributed by atoms with van der Waals surface area (Å²) in [6, 6.07) is 18.8. The molecule has 0 amide bonds. The van der Waals surface area contributed by atoms with Gasteiger partial charge in [0.25, 0.3) is 0 Å². The predicted molar refractivity (Wildman–Crippen MR) is 73.5 cm³/mol. The molecule has 0 saturated heterocycles. The van der Waals surface area contributed by atoms with Crippen molar-refractivity contribution >= 4 is 0 Å². The van der Waals surface area contributed by atoms with Crippen molar-refractivity contribution in [3.8, 4) is 0 Å². The number of methoxy groups -OCH3 is 2. The van der Waals surface area contributed by atoms with E-state index in [-0.39, 0.29) is 0 Å². The maximum Gasteiger partial charge on any atom is 0.225 e. The summed E-state index contributed by atoms with van der Waals surface area (Å²) in [5.41, 5.74) is 1.52. The predicted octanol–water partition coefficient (Wildman–Crippen LogP) is 2.87. The molecule has 1 N–H and O–H groups in total. The first kappa shape index (κ1) is 13.7. The van der Waals surface area contributed by atoms with Crippen LogP contribution < -0.4 is 0 Å². The number of benzene rings is 2. The van der Waals surface area contributed by atoms with Gasteiger partial charge in [-0.1, -0.05) is 60.7 Å². The number of hydrogen-bond acceptors (Lipinski definition) is 3. The highest BCUT2D eigenvalue weighted by molar-refractivity contribution is 5.27. The monoisotopic (exact) mass is 258 g/mol. The third kappa shape index (κ3) is 2.54. The second-order valence-corrected chi connectivity index (χ2v) is 4.25. The third-order valence-electron chi connectivity index (χ3n) is 3.26. The summed E-state index contributed by atoms with van der Waals surface area (Å²) >= 11 is 0. The Morgan fingerprint density at radius 1 is 0.842 bits per heavy atom. The molecule has 3 nitrogen and oxygen atoms in total. The average molecular weight is 258 g/mol. The SMILES string of the molecule is COC(OC)(c1ccccc1)C(O)c1ccccc1. The molecule has 0 radical (unpaired) electrons. The van der Waals surface area contributed by atoms with Gasteiger partial charge in [-0.05, 0) is 5.56 Å². The minimum Gasteiger partial charge on any atom is -0.382 e. The third-order valence-corrected chi connectivity index (χ3v) is 3.26. The molecule has 1 atom stereocenters. The molecule has 2 rings (SSSR count). The van der Waals surface area contributed by atoms with Crippen molar-refractivity contribution in [2.45, 2.75) is 11.9 Å². The van der Waals surface area contributed by atoms with Crippen molar-refractivity contribution in [1.82, 2.24) is 0 Å². The Labute approximate surface area is 113 Å². The van der Waals surface area contributed by atoms with Crippen LogP contribution >= 0.6 is 0 Å². The molecule has 2 aromatic rings. The summed E-state index contributed by atoms with van der Waals surface area (Å²) in [7, 11) is 3.06. The zero-order valence-corrected chi connectivity index (χ0v) is 11.1. The van der Waals surface area contributed by atoms with E-state index in [4.69, 9.17) is 9.47 Å². The van der Waals surface area contributed by atoms with Crippen molar-refractivity contribution in [1.29, 1.82) is 0 Å². The Morgan fingerprint density at radius 3 is 1.79 bits per heavy atom. The van der Waals surface area contributed by atoms with Crippen molar-refractivity contribution < 1.29 is 14.6 Å². The van der Waals surface area contributed by atoms with Gasteiger partial charge >= 0.3 is 0 Å². The summed E-state index contributed by atoms with van der Waals surface area (Å²) in [5.74, 6) is -1.21. The first-order valence-corrected chi connectivity index (χ1v) is 6.13. The molecule has 0 aliphatic carbocycles. The average Bonchev–Trinajstić information content (AvgIpc) is 2.51. The van der Waals surface area contributed by atoms with Gasteiger partial charge in [0, 0.05) is 19.8 Å². The normalized spacial score (nSPS) is 13.2. The molecule has 0 aliphatic heterocycles. The number of rotatable bonds is 5. The van der Waals surface area contributed by atoms with E-state index in [2.05, 4.69) is 0 Å². The Balaban J connectivity index is 2.45. The van der Waals surface area contributed by atoms with Gasteiger partial charge < -0.3 is 14.6 Å². The van der Waals surface area contributed by atoms with E-state index < -0.39 is 11.9 Å². The van der Waals surface area contributed by atoms with Gasteiger partial charge in [0.15, 0.2) is 0 Å². The Bertz CT molecular complexity index is 492. The maximum absolute atomic E-state index is 10.6. The lowest BCUT2D eigenvalue weighted by atomic mass is 9.94. The number of hydrogen-bond donors (Lipinski definition) is 1. The van der Waals surface area contributed by atoms with Gasteiger partial charge in [-0.25, -0.2) is 0 Å². The van der Waals surface area contributed by atoms with E-state index in [1.807, 2.05) is 60.7 Å². The molecule has 0 heterocycles. The fourth-order valence-corrected chi connectivity index (χ4v) is 2.23. The molecule has 0 aliphatic rings. The van der Waals surface area contributed by atoms with Gasteiger partial charge in [-0.15, -0.1) is 0 Å². The number of aliphatic hydroxyl groups excluding tert-OH is 1. The first-order valence-electron chi connectivity index (χ1n) is 6.13. The minimum atomic E-state index is -1.21. The van der Waals surface area contributed by atoms with Crippen LogP contribution in [-0.4, -0.2) is 19.3 Å². The summed E-state index contributed by atoms with van der Waals surface area (Å²) in [6.45, 7) is 0. The fraction of sp³-hybridized carbons (Fsp3) is 0.250. The van der Waals surface area contributed by atoms with E-state index in [9.17, 15) is 5.11 Å². The van der Waals surface area contributed by atoms with E-state index in [1.165, 1.54) is 14.2 Å². The molecule has 3 heteroatoms. The van der Waals surface area contributed by atoms with Crippen LogP contribution in [0.4, 0.5) is 0 Å². The van der Waals surface area contributed by atoms with Gasteiger partial charge in [0.2, 0.25) is 5.79 Å². The largest absolute Gasteiger partial charge is 0.382 e. The molecule has 0 bridgehead atoms. The van der Waals surface area contributed by atoms with Crippen LogP contribution in [0.15, 0.2) is 60.7 Å². The highest BCUT2D eigenvalue weighted by atomic mass is 16.7. The molecular formula is C16H18O3. The smallest absolute Gasteiger partial charge is 0.225 e. The lowest BCUT2D eigenvalue weighted by Gasteiger charge is -2.35. The lowest BCUT2D eigenvalue weighted by molar-refractivity contribution is -0.272. The minimum absolute atomic E-state index is 0.745. The van der Waals surface area contributed by atoms with Crippen molar-refractivity contribution in [3.63, 3.8) is 0 Å². The Kier molecular flexibility index (Phi) is 4.32. The van der Waals surface area contributed by atoms with Gasteiger partial charge in [-0.2, -0.15) is 0 Å². The number of aliphatic hydroxyl groups is 1. The van der Waals surface area contributed by atoms with Gasteiger partial charge in [0.05, 0.1) is 0 Å². The Morgan fingerprint density at radius 2 is 1.32 bits per heavy atom. The van der Waals surface area contributed by atoms with Crippen LogP contribution in [0.3, 0.4) is 0 Å². The second kappa shape index (κ2) is 5.97. The fourth-order valence-electron chi connectivity index (χ4n) is 2.23. The van der Waals surface area contributed by atoms with Crippen LogP contribution in [0.2, 0.25) is 0 Å². The first-order chi connectivity index (χ1) is 9.24.